The van der Waals surface area contributed by atoms with Crippen molar-refractivity contribution >= 4 is 5.91 Å². The topological polar surface area (TPSA) is 56.8 Å². The largest absolute Gasteiger partial charge is 0.493 e. The van der Waals surface area contributed by atoms with Crippen LogP contribution in [0, 0.1) is 12.7 Å². The summed E-state index contributed by atoms with van der Waals surface area (Å²) in [5.41, 5.74) is 1.54. The van der Waals surface area contributed by atoms with Crippen LogP contribution in [-0.4, -0.2) is 27.2 Å². The van der Waals surface area contributed by atoms with Gasteiger partial charge in [-0.05, 0) is 36.2 Å². The molecule has 0 saturated carbocycles. The average Bonchev–Trinajstić information content (AvgIpc) is 2.60. The van der Waals surface area contributed by atoms with Crippen molar-refractivity contribution in [1.29, 1.82) is 0 Å². The summed E-state index contributed by atoms with van der Waals surface area (Å²) in [7, 11) is 4.42. The van der Waals surface area contributed by atoms with Gasteiger partial charge in [-0.1, -0.05) is 12.1 Å². The Bertz CT molecular complexity index is 746. The predicted octanol–water partition coefficient (Wildman–Crippen LogP) is 3.09. The lowest BCUT2D eigenvalue weighted by Gasteiger charge is -2.15. The molecule has 0 heterocycles. The molecule has 0 atom stereocenters. The second-order valence-corrected chi connectivity index (χ2v) is 5.15. The molecule has 0 aliphatic rings. The second kappa shape index (κ2) is 7.68. The summed E-state index contributed by atoms with van der Waals surface area (Å²) in [6.07, 6.45) is 0. The number of hydrogen-bond donors (Lipinski definition) is 1. The van der Waals surface area contributed by atoms with Gasteiger partial charge in [0.2, 0.25) is 5.75 Å². The Balaban J connectivity index is 2.21. The van der Waals surface area contributed by atoms with Crippen LogP contribution in [0.15, 0.2) is 30.3 Å². The minimum absolute atomic E-state index is 0.202. The molecule has 0 saturated heterocycles. The molecule has 0 fully saturated rings. The van der Waals surface area contributed by atoms with Crippen LogP contribution in [0.2, 0.25) is 0 Å². The van der Waals surface area contributed by atoms with Crippen LogP contribution < -0.4 is 19.5 Å². The predicted molar refractivity (Wildman–Crippen MR) is 88.4 cm³/mol. The highest BCUT2D eigenvalue weighted by Crippen LogP contribution is 2.39. The van der Waals surface area contributed by atoms with E-state index in [1.807, 2.05) is 0 Å². The summed E-state index contributed by atoms with van der Waals surface area (Å²) >= 11 is 0. The number of hydrogen-bond acceptors (Lipinski definition) is 4. The molecule has 0 aliphatic carbocycles. The number of carbonyl (C=O) groups excluding carboxylic acids is 1. The van der Waals surface area contributed by atoms with Crippen LogP contribution >= 0.6 is 0 Å². The first-order valence-corrected chi connectivity index (χ1v) is 7.34. The van der Waals surface area contributed by atoms with Crippen molar-refractivity contribution in [3.05, 3.63) is 52.8 Å². The number of ether oxygens (including phenoxy) is 3. The minimum atomic E-state index is -0.353. The van der Waals surface area contributed by atoms with Crippen LogP contribution in [-0.2, 0) is 6.54 Å². The van der Waals surface area contributed by atoms with Crippen LogP contribution in [0.1, 0.15) is 21.5 Å². The van der Waals surface area contributed by atoms with E-state index >= 15 is 0 Å². The van der Waals surface area contributed by atoms with Gasteiger partial charge in [-0.25, -0.2) is 4.39 Å². The van der Waals surface area contributed by atoms with Gasteiger partial charge in [-0.15, -0.1) is 0 Å². The fraction of sp³-hybridized carbons (Fsp3) is 0.278. The van der Waals surface area contributed by atoms with Gasteiger partial charge in [0.05, 0.1) is 26.9 Å². The van der Waals surface area contributed by atoms with E-state index in [1.165, 1.54) is 27.4 Å². The molecule has 0 aliphatic heterocycles. The number of nitrogens with one attached hydrogen (secondary N) is 1. The van der Waals surface area contributed by atoms with Crippen molar-refractivity contribution in [2.24, 2.45) is 0 Å². The first kappa shape index (κ1) is 17.6. The fourth-order valence-corrected chi connectivity index (χ4v) is 2.30. The number of rotatable bonds is 6. The third-order valence-electron chi connectivity index (χ3n) is 3.64. The maximum absolute atomic E-state index is 13.6. The molecule has 0 radical (unpaired) electrons. The number of benzene rings is 2. The van der Waals surface area contributed by atoms with E-state index < -0.39 is 0 Å². The standard InChI is InChI=1S/C18H20FNO4/c1-11-5-6-12(9-14(11)19)10-20-18(21)13-7-8-15(22-2)17(24-4)16(13)23-3/h5-9H,10H2,1-4H3,(H,20,21). The molecule has 2 rings (SSSR count). The van der Waals surface area contributed by atoms with E-state index in [0.29, 0.717) is 28.2 Å². The minimum Gasteiger partial charge on any atom is -0.493 e. The highest BCUT2D eigenvalue weighted by molar-refractivity contribution is 5.98. The van der Waals surface area contributed by atoms with Crippen LogP contribution in [0.5, 0.6) is 17.2 Å². The summed E-state index contributed by atoms with van der Waals surface area (Å²) in [6, 6.07) is 8.06. The van der Waals surface area contributed by atoms with Crippen molar-refractivity contribution < 1.29 is 23.4 Å². The second-order valence-electron chi connectivity index (χ2n) is 5.15. The Kier molecular flexibility index (Phi) is 5.63. The number of amides is 1. The molecule has 1 N–H and O–H groups in total. The highest BCUT2D eigenvalue weighted by atomic mass is 19.1. The third kappa shape index (κ3) is 3.59. The number of halogens is 1. The number of methoxy groups -OCH3 is 3. The average molecular weight is 333 g/mol. The van der Waals surface area contributed by atoms with Crippen molar-refractivity contribution in [2.75, 3.05) is 21.3 Å². The zero-order valence-electron chi connectivity index (χ0n) is 14.1. The Morgan fingerprint density at radius 1 is 1.04 bits per heavy atom. The molecule has 0 aromatic heterocycles. The van der Waals surface area contributed by atoms with Gasteiger partial charge in [0, 0.05) is 6.54 Å². The van der Waals surface area contributed by atoms with Crippen molar-refractivity contribution in [1.82, 2.24) is 5.32 Å². The fourth-order valence-electron chi connectivity index (χ4n) is 2.30. The summed E-state index contributed by atoms with van der Waals surface area (Å²) in [5, 5.41) is 2.74. The molecular formula is C18H20FNO4. The SMILES string of the molecule is COc1ccc(C(=O)NCc2ccc(C)c(F)c2)c(OC)c1OC. The quantitative estimate of drug-likeness (QED) is 0.883. The van der Waals surface area contributed by atoms with Gasteiger partial charge >= 0.3 is 0 Å². The van der Waals surface area contributed by atoms with E-state index in [0.717, 1.165) is 0 Å². The summed E-state index contributed by atoms with van der Waals surface area (Å²) < 4.78 is 29.3. The van der Waals surface area contributed by atoms with Gasteiger partial charge in [-0.2, -0.15) is 0 Å². The first-order chi connectivity index (χ1) is 11.5. The van der Waals surface area contributed by atoms with Crippen LogP contribution in [0.25, 0.3) is 0 Å². The van der Waals surface area contributed by atoms with Gasteiger partial charge in [-0.3, -0.25) is 4.79 Å². The molecule has 5 nitrogen and oxygen atoms in total. The molecular weight excluding hydrogens is 313 g/mol. The molecule has 0 bridgehead atoms. The first-order valence-electron chi connectivity index (χ1n) is 7.34. The molecule has 2 aromatic carbocycles. The summed E-state index contributed by atoms with van der Waals surface area (Å²) in [6.45, 7) is 1.89. The lowest BCUT2D eigenvalue weighted by Crippen LogP contribution is -2.23. The van der Waals surface area contributed by atoms with Crippen molar-refractivity contribution in [2.45, 2.75) is 13.5 Å². The third-order valence-corrected chi connectivity index (χ3v) is 3.64. The Morgan fingerprint density at radius 2 is 1.75 bits per heavy atom. The Labute approximate surface area is 140 Å². The van der Waals surface area contributed by atoms with Gasteiger partial charge in [0.25, 0.3) is 5.91 Å². The molecule has 0 spiro atoms. The molecule has 1 amide bonds. The van der Waals surface area contributed by atoms with E-state index in [4.69, 9.17) is 14.2 Å². The molecule has 0 unspecified atom stereocenters. The molecule has 2 aromatic rings. The Hall–Kier alpha value is -2.76. The van der Waals surface area contributed by atoms with Crippen molar-refractivity contribution in [3.8, 4) is 17.2 Å². The van der Waals surface area contributed by atoms with E-state index in [-0.39, 0.29) is 24.0 Å². The molecule has 24 heavy (non-hydrogen) atoms. The lowest BCUT2D eigenvalue weighted by molar-refractivity contribution is 0.0947. The Morgan fingerprint density at radius 3 is 2.33 bits per heavy atom. The summed E-state index contributed by atoms with van der Waals surface area (Å²) in [4.78, 5) is 12.4. The van der Waals surface area contributed by atoms with Gasteiger partial charge in [0.15, 0.2) is 11.5 Å². The normalized spacial score (nSPS) is 10.2. The zero-order chi connectivity index (χ0) is 17.7. The zero-order valence-corrected chi connectivity index (χ0v) is 14.1. The van der Waals surface area contributed by atoms with E-state index in [2.05, 4.69) is 5.32 Å². The van der Waals surface area contributed by atoms with Gasteiger partial charge < -0.3 is 19.5 Å². The summed E-state index contributed by atoms with van der Waals surface area (Å²) in [5.74, 6) is 0.434. The molecule has 6 heteroatoms. The van der Waals surface area contributed by atoms with Crippen LogP contribution in [0.3, 0.4) is 0 Å². The van der Waals surface area contributed by atoms with E-state index in [9.17, 15) is 9.18 Å². The van der Waals surface area contributed by atoms with E-state index in [1.54, 1.807) is 31.2 Å². The number of carbonyl (C=O) groups is 1. The lowest BCUT2D eigenvalue weighted by atomic mass is 10.1. The number of aryl methyl sites for hydroxylation is 1. The smallest absolute Gasteiger partial charge is 0.255 e. The maximum Gasteiger partial charge on any atom is 0.255 e. The highest BCUT2D eigenvalue weighted by Gasteiger charge is 2.20. The maximum atomic E-state index is 13.6. The van der Waals surface area contributed by atoms with Gasteiger partial charge in [0.1, 0.15) is 5.82 Å². The molecule has 128 valence electrons. The van der Waals surface area contributed by atoms with Crippen molar-refractivity contribution in [3.63, 3.8) is 0 Å². The monoisotopic (exact) mass is 333 g/mol. The van der Waals surface area contributed by atoms with Crippen LogP contribution in [0.4, 0.5) is 4.39 Å².